The number of aryl methyl sites for hydroxylation is 1. The second kappa shape index (κ2) is 5.47. The number of hydrogen-bond acceptors (Lipinski definition) is 3. The second-order valence-corrected chi connectivity index (χ2v) is 4.70. The van der Waals surface area contributed by atoms with E-state index in [0.29, 0.717) is 16.1 Å². The zero-order valence-electron chi connectivity index (χ0n) is 9.95. The Kier molecular flexibility index (Phi) is 3.93. The Balaban J connectivity index is 2.26. The molecule has 19 heavy (non-hydrogen) atoms. The van der Waals surface area contributed by atoms with Crippen molar-refractivity contribution in [3.63, 3.8) is 0 Å². The van der Waals surface area contributed by atoms with Crippen molar-refractivity contribution in [1.29, 1.82) is 0 Å². The van der Waals surface area contributed by atoms with Crippen LogP contribution >= 0.6 is 23.2 Å². The SMILES string of the molecule is Cc1ccc(C(=O)Nc2nccc(Cl)c2Cl)cc1O. The van der Waals surface area contributed by atoms with Crippen molar-refractivity contribution >= 4 is 34.9 Å². The van der Waals surface area contributed by atoms with Gasteiger partial charge in [-0.05, 0) is 30.7 Å². The van der Waals surface area contributed by atoms with E-state index in [1.165, 1.54) is 18.3 Å². The molecule has 1 heterocycles. The number of nitrogens with one attached hydrogen (secondary N) is 1. The van der Waals surface area contributed by atoms with E-state index in [-0.39, 0.29) is 16.6 Å². The van der Waals surface area contributed by atoms with Gasteiger partial charge in [0.05, 0.1) is 5.02 Å². The number of halogens is 2. The maximum absolute atomic E-state index is 12.0. The first-order valence-corrected chi connectivity index (χ1v) is 6.15. The fourth-order valence-electron chi connectivity index (χ4n) is 1.44. The largest absolute Gasteiger partial charge is 0.508 e. The van der Waals surface area contributed by atoms with E-state index in [9.17, 15) is 9.90 Å². The Morgan fingerprint density at radius 3 is 2.74 bits per heavy atom. The molecule has 4 nitrogen and oxygen atoms in total. The third-order valence-corrected chi connectivity index (χ3v) is 3.34. The fourth-order valence-corrected chi connectivity index (χ4v) is 1.74. The van der Waals surface area contributed by atoms with Crippen LogP contribution in [0.5, 0.6) is 5.75 Å². The molecule has 0 saturated heterocycles. The van der Waals surface area contributed by atoms with Crippen molar-refractivity contribution in [1.82, 2.24) is 4.98 Å². The predicted molar refractivity (Wildman–Crippen MR) is 75.1 cm³/mol. The molecule has 0 fully saturated rings. The number of nitrogens with zero attached hydrogens (tertiary/aromatic N) is 1. The van der Waals surface area contributed by atoms with Crippen LogP contribution in [0.4, 0.5) is 5.82 Å². The number of phenolic OH excluding ortho intramolecular Hbond substituents is 1. The van der Waals surface area contributed by atoms with Gasteiger partial charge in [0.2, 0.25) is 0 Å². The molecular weight excluding hydrogens is 287 g/mol. The number of hydrogen-bond donors (Lipinski definition) is 2. The van der Waals surface area contributed by atoms with Crippen LogP contribution in [0.1, 0.15) is 15.9 Å². The third kappa shape index (κ3) is 2.97. The minimum absolute atomic E-state index is 0.0535. The molecule has 0 unspecified atom stereocenters. The fraction of sp³-hybridized carbons (Fsp3) is 0.0769. The van der Waals surface area contributed by atoms with Crippen LogP contribution in [0.3, 0.4) is 0 Å². The molecule has 2 rings (SSSR count). The van der Waals surface area contributed by atoms with Gasteiger partial charge in [0.25, 0.3) is 5.91 Å². The quantitative estimate of drug-likeness (QED) is 0.889. The van der Waals surface area contributed by atoms with Gasteiger partial charge in [0.1, 0.15) is 10.8 Å². The van der Waals surface area contributed by atoms with Gasteiger partial charge in [-0.2, -0.15) is 0 Å². The molecular formula is C13H10Cl2N2O2. The molecule has 0 spiro atoms. The smallest absolute Gasteiger partial charge is 0.256 e. The molecule has 98 valence electrons. The first-order chi connectivity index (χ1) is 8.99. The maximum atomic E-state index is 12.0. The molecule has 0 aliphatic heterocycles. The third-order valence-electron chi connectivity index (χ3n) is 2.55. The average molecular weight is 297 g/mol. The summed E-state index contributed by atoms with van der Waals surface area (Å²) in [5.74, 6) is -0.191. The molecule has 2 N–H and O–H groups in total. The van der Waals surface area contributed by atoms with Gasteiger partial charge in [-0.15, -0.1) is 0 Å². The molecule has 1 aromatic carbocycles. The van der Waals surface area contributed by atoms with Crippen LogP contribution < -0.4 is 5.32 Å². The summed E-state index contributed by atoms with van der Waals surface area (Å²) in [5, 5.41) is 12.6. The molecule has 0 saturated carbocycles. The molecule has 1 aromatic heterocycles. The molecule has 0 atom stereocenters. The van der Waals surface area contributed by atoms with Gasteiger partial charge < -0.3 is 10.4 Å². The first-order valence-electron chi connectivity index (χ1n) is 5.40. The highest BCUT2D eigenvalue weighted by Crippen LogP contribution is 2.28. The number of phenols is 1. The second-order valence-electron chi connectivity index (χ2n) is 3.91. The normalized spacial score (nSPS) is 10.3. The topological polar surface area (TPSA) is 62.2 Å². The first kappa shape index (κ1) is 13.6. The molecule has 0 bridgehead atoms. The van der Waals surface area contributed by atoms with Gasteiger partial charge in [0, 0.05) is 11.8 Å². The van der Waals surface area contributed by atoms with Crippen LogP contribution in [0.2, 0.25) is 10.0 Å². The lowest BCUT2D eigenvalue weighted by molar-refractivity contribution is 0.102. The summed E-state index contributed by atoms with van der Waals surface area (Å²) >= 11 is 11.7. The lowest BCUT2D eigenvalue weighted by Gasteiger charge is -2.08. The Hall–Kier alpha value is -1.78. The van der Waals surface area contributed by atoms with Gasteiger partial charge in [-0.25, -0.2) is 4.98 Å². The van der Waals surface area contributed by atoms with E-state index < -0.39 is 5.91 Å². The van der Waals surface area contributed by atoms with E-state index in [4.69, 9.17) is 23.2 Å². The highest BCUT2D eigenvalue weighted by Gasteiger charge is 2.12. The number of aromatic hydroxyl groups is 1. The van der Waals surface area contributed by atoms with Crippen molar-refractivity contribution in [2.24, 2.45) is 0 Å². The van der Waals surface area contributed by atoms with Crippen LogP contribution in [0, 0.1) is 6.92 Å². The zero-order chi connectivity index (χ0) is 14.0. The van der Waals surface area contributed by atoms with Crippen molar-refractivity contribution in [2.75, 3.05) is 5.32 Å². The van der Waals surface area contributed by atoms with E-state index in [0.717, 1.165) is 0 Å². The van der Waals surface area contributed by atoms with Crippen LogP contribution in [-0.4, -0.2) is 16.0 Å². The maximum Gasteiger partial charge on any atom is 0.256 e. The lowest BCUT2D eigenvalue weighted by atomic mass is 10.1. The number of benzene rings is 1. The Morgan fingerprint density at radius 2 is 2.05 bits per heavy atom. The monoisotopic (exact) mass is 296 g/mol. The minimum Gasteiger partial charge on any atom is -0.508 e. The number of aromatic nitrogens is 1. The highest BCUT2D eigenvalue weighted by atomic mass is 35.5. The number of pyridine rings is 1. The van der Waals surface area contributed by atoms with E-state index in [2.05, 4.69) is 10.3 Å². The molecule has 6 heteroatoms. The number of carbonyl (C=O) groups excluding carboxylic acids is 1. The molecule has 0 radical (unpaired) electrons. The minimum atomic E-state index is -0.424. The van der Waals surface area contributed by atoms with Crippen LogP contribution in [-0.2, 0) is 0 Å². The number of amides is 1. The summed E-state index contributed by atoms with van der Waals surface area (Å²) in [6.45, 7) is 1.74. The Morgan fingerprint density at radius 1 is 1.32 bits per heavy atom. The van der Waals surface area contributed by atoms with Gasteiger partial charge in [-0.1, -0.05) is 29.3 Å². The molecule has 2 aromatic rings. The van der Waals surface area contributed by atoms with Crippen molar-refractivity contribution < 1.29 is 9.90 Å². The summed E-state index contributed by atoms with van der Waals surface area (Å²) in [5.41, 5.74) is 0.997. The van der Waals surface area contributed by atoms with Gasteiger partial charge >= 0.3 is 0 Å². The van der Waals surface area contributed by atoms with Gasteiger partial charge in [0.15, 0.2) is 5.82 Å². The van der Waals surface area contributed by atoms with Crippen molar-refractivity contribution in [2.45, 2.75) is 6.92 Å². The number of rotatable bonds is 2. The average Bonchev–Trinajstić information content (AvgIpc) is 2.38. The van der Waals surface area contributed by atoms with Crippen LogP contribution in [0.25, 0.3) is 0 Å². The summed E-state index contributed by atoms with van der Waals surface area (Å²) in [7, 11) is 0. The molecule has 0 aliphatic rings. The lowest BCUT2D eigenvalue weighted by Crippen LogP contribution is -2.13. The van der Waals surface area contributed by atoms with Crippen LogP contribution in [0.15, 0.2) is 30.5 Å². The van der Waals surface area contributed by atoms with E-state index >= 15 is 0 Å². The van der Waals surface area contributed by atoms with Crippen molar-refractivity contribution in [3.8, 4) is 5.75 Å². The number of carbonyl (C=O) groups is 1. The molecule has 1 amide bonds. The van der Waals surface area contributed by atoms with Crippen molar-refractivity contribution in [3.05, 3.63) is 51.6 Å². The predicted octanol–water partition coefficient (Wildman–Crippen LogP) is 3.65. The Bertz CT molecular complexity index is 645. The summed E-state index contributed by atoms with van der Waals surface area (Å²) in [6, 6.07) is 6.15. The summed E-state index contributed by atoms with van der Waals surface area (Å²) in [4.78, 5) is 15.9. The summed E-state index contributed by atoms with van der Waals surface area (Å²) in [6.07, 6.45) is 1.44. The van der Waals surface area contributed by atoms with Gasteiger partial charge in [-0.3, -0.25) is 4.79 Å². The Labute approximate surface area is 120 Å². The highest BCUT2D eigenvalue weighted by molar-refractivity contribution is 6.43. The zero-order valence-corrected chi connectivity index (χ0v) is 11.5. The number of anilines is 1. The van der Waals surface area contributed by atoms with E-state index in [1.807, 2.05) is 0 Å². The summed E-state index contributed by atoms with van der Waals surface area (Å²) < 4.78 is 0. The van der Waals surface area contributed by atoms with E-state index in [1.54, 1.807) is 19.1 Å². The standard InChI is InChI=1S/C13H10Cl2N2O2/c1-7-2-3-8(6-10(7)18)13(19)17-12-11(15)9(14)4-5-16-12/h2-6,18H,1H3,(H,16,17,19). The molecule has 0 aliphatic carbocycles.